The Morgan fingerprint density at radius 3 is 2.00 bits per heavy atom. The van der Waals surface area contributed by atoms with Crippen molar-refractivity contribution in [2.45, 2.75) is 24.8 Å². The zero-order valence-corrected chi connectivity index (χ0v) is 6.96. The van der Waals surface area contributed by atoms with Gasteiger partial charge >= 0.3 is 6.18 Å². The molecule has 1 aliphatic rings. The van der Waals surface area contributed by atoms with Crippen LogP contribution in [0.1, 0.15) is 6.42 Å². The maximum Gasteiger partial charge on any atom is 0.390 e. The van der Waals surface area contributed by atoms with Crippen LogP contribution in [-0.4, -0.2) is 53.1 Å². The number of aliphatic hydroxyl groups is 2. The van der Waals surface area contributed by atoms with Gasteiger partial charge in [0.2, 0.25) is 0 Å². The van der Waals surface area contributed by atoms with Gasteiger partial charge < -0.3 is 10.2 Å². The molecule has 0 saturated carbocycles. The lowest BCUT2D eigenvalue weighted by atomic mass is 10.3. The van der Waals surface area contributed by atoms with E-state index in [-0.39, 0.29) is 19.6 Å². The Labute approximate surface area is 73.8 Å². The van der Waals surface area contributed by atoms with Crippen molar-refractivity contribution in [3.05, 3.63) is 0 Å². The molecule has 1 saturated heterocycles. The van der Waals surface area contributed by atoms with Crippen molar-refractivity contribution in [1.29, 1.82) is 0 Å². The Kier molecular flexibility index (Phi) is 3.15. The maximum atomic E-state index is 11.8. The van der Waals surface area contributed by atoms with Crippen LogP contribution in [-0.2, 0) is 0 Å². The molecule has 2 atom stereocenters. The van der Waals surface area contributed by atoms with Crippen LogP contribution in [0.2, 0.25) is 0 Å². The number of rotatable bonds is 2. The molecular formula is C7H12F3NO2. The first kappa shape index (κ1) is 10.7. The lowest BCUT2D eigenvalue weighted by molar-refractivity contribution is -0.137. The lowest BCUT2D eigenvalue weighted by Crippen LogP contribution is -2.27. The van der Waals surface area contributed by atoms with E-state index >= 15 is 0 Å². The van der Waals surface area contributed by atoms with Gasteiger partial charge in [0.05, 0.1) is 18.6 Å². The second-order valence-electron chi connectivity index (χ2n) is 3.26. The molecule has 0 radical (unpaired) electrons. The molecule has 2 N–H and O–H groups in total. The van der Waals surface area contributed by atoms with Gasteiger partial charge in [0.25, 0.3) is 0 Å². The predicted molar refractivity (Wildman–Crippen MR) is 39.1 cm³/mol. The Morgan fingerprint density at radius 1 is 1.15 bits per heavy atom. The van der Waals surface area contributed by atoms with Crippen molar-refractivity contribution in [1.82, 2.24) is 4.90 Å². The summed E-state index contributed by atoms with van der Waals surface area (Å²) in [7, 11) is 0. The summed E-state index contributed by atoms with van der Waals surface area (Å²) in [5.74, 6) is 0. The quantitative estimate of drug-likeness (QED) is 0.656. The maximum absolute atomic E-state index is 11.8. The second-order valence-corrected chi connectivity index (χ2v) is 3.26. The van der Waals surface area contributed by atoms with Crippen molar-refractivity contribution in [3.63, 3.8) is 0 Å². The average Bonchev–Trinajstić information content (AvgIpc) is 2.27. The number of hydrogen-bond acceptors (Lipinski definition) is 3. The lowest BCUT2D eigenvalue weighted by Gasteiger charge is -2.15. The minimum Gasteiger partial charge on any atom is -0.389 e. The molecule has 0 amide bonds. The third kappa shape index (κ3) is 3.50. The highest BCUT2D eigenvalue weighted by atomic mass is 19.4. The first-order valence-electron chi connectivity index (χ1n) is 4.04. The van der Waals surface area contributed by atoms with Crippen molar-refractivity contribution in [2.24, 2.45) is 0 Å². The molecule has 1 fully saturated rings. The van der Waals surface area contributed by atoms with Crippen LogP contribution in [0.25, 0.3) is 0 Å². The van der Waals surface area contributed by atoms with Gasteiger partial charge in [-0.25, -0.2) is 0 Å². The van der Waals surface area contributed by atoms with E-state index in [4.69, 9.17) is 10.2 Å². The first-order valence-corrected chi connectivity index (χ1v) is 4.04. The van der Waals surface area contributed by atoms with Crippen LogP contribution < -0.4 is 0 Å². The van der Waals surface area contributed by atoms with E-state index in [2.05, 4.69) is 0 Å². The average molecular weight is 199 g/mol. The summed E-state index contributed by atoms with van der Waals surface area (Å²) in [4.78, 5) is 1.41. The summed E-state index contributed by atoms with van der Waals surface area (Å²) in [6, 6.07) is 0. The fourth-order valence-electron chi connectivity index (χ4n) is 1.31. The van der Waals surface area contributed by atoms with Gasteiger partial charge in [-0.1, -0.05) is 0 Å². The number of hydrogen-bond donors (Lipinski definition) is 2. The normalized spacial score (nSPS) is 31.2. The third-order valence-corrected chi connectivity index (χ3v) is 2.05. The Morgan fingerprint density at radius 2 is 1.62 bits per heavy atom. The Bertz CT molecular complexity index is 164. The summed E-state index contributed by atoms with van der Waals surface area (Å²) in [5.41, 5.74) is 0. The highest BCUT2D eigenvalue weighted by Crippen LogP contribution is 2.21. The Hall–Kier alpha value is -0.330. The number of β-amino-alcohol motifs (C(OH)–C–C–N with tert-alkyl or cyclic N) is 2. The Balaban J connectivity index is 2.25. The van der Waals surface area contributed by atoms with Gasteiger partial charge in [-0.15, -0.1) is 0 Å². The van der Waals surface area contributed by atoms with E-state index < -0.39 is 24.8 Å². The molecule has 0 aromatic rings. The molecule has 78 valence electrons. The summed E-state index contributed by atoms with van der Waals surface area (Å²) in [6.07, 6.45) is -6.88. The largest absolute Gasteiger partial charge is 0.390 e. The highest BCUT2D eigenvalue weighted by molar-refractivity contribution is 4.83. The smallest absolute Gasteiger partial charge is 0.389 e. The van der Waals surface area contributed by atoms with Crippen LogP contribution in [0.4, 0.5) is 13.2 Å². The molecule has 0 aliphatic carbocycles. The molecule has 13 heavy (non-hydrogen) atoms. The number of alkyl halides is 3. The number of nitrogens with zero attached hydrogens (tertiary/aromatic N) is 1. The van der Waals surface area contributed by atoms with Gasteiger partial charge in [0.1, 0.15) is 0 Å². The van der Waals surface area contributed by atoms with Gasteiger partial charge in [0.15, 0.2) is 0 Å². The minimum atomic E-state index is -4.17. The van der Waals surface area contributed by atoms with Crippen molar-refractivity contribution < 1.29 is 23.4 Å². The number of halogens is 3. The van der Waals surface area contributed by atoms with E-state index in [1.165, 1.54) is 4.90 Å². The van der Waals surface area contributed by atoms with Crippen molar-refractivity contribution in [3.8, 4) is 0 Å². The monoisotopic (exact) mass is 199 g/mol. The molecule has 0 aromatic heterocycles. The van der Waals surface area contributed by atoms with E-state index in [1.807, 2.05) is 0 Å². The van der Waals surface area contributed by atoms with E-state index in [0.29, 0.717) is 0 Å². The molecule has 0 spiro atoms. The van der Waals surface area contributed by atoms with Gasteiger partial charge in [-0.3, -0.25) is 4.90 Å². The highest BCUT2D eigenvalue weighted by Gasteiger charge is 2.33. The van der Waals surface area contributed by atoms with Crippen molar-refractivity contribution >= 4 is 0 Å². The molecule has 6 heteroatoms. The summed E-state index contributed by atoms with van der Waals surface area (Å²) < 4.78 is 35.3. The fourth-order valence-corrected chi connectivity index (χ4v) is 1.31. The summed E-state index contributed by atoms with van der Waals surface area (Å²) in [6.45, 7) is 0.0894. The van der Waals surface area contributed by atoms with Crippen molar-refractivity contribution in [2.75, 3.05) is 19.6 Å². The number of likely N-dealkylation sites (tertiary alicyclic amines) is 1. The molecule has 3 nitrogen and oxygen atoms in total. The second kappa shape index (κ2) is 3.81. The van der Waals surface area contributed by atoms with Gasteiger partial charge in [-0.2, -0.15) is 13.2 Å². The van der Waals surface area contributed by atoms with Crippen LogP contribution >= 0.6 is 0 Å². The molecule has 1 heterocycles. The van der Waals surface area contributed by atoms with Crippen LogP contribution in [0.5, 0.6) is 0 Å². The minimum absolute atomic E-state index is 0.122. The molecule has 0 unspecified atom stereocenters. The van der Waals surface area contributed by atoms with Gasteiger partial charge in [0, 0.05) is 19.6 Å². The van der Waals surface area contributed by atoms with E-state index in [1.54, 1.807) is 0 Å². The zero-order valence-electron chi connectivity index (χ0n) is 6.96. The third-order valence-electron chi connectivity index (χ3n) is 2.05. The van der Waals surface area contributed by atoms with Crippen LogP contribution in [0.15, 0.2) is 0 Å². The fraction of sp³-hybridized carbons (Fsp3) is 1.00. The molecular weight excluding hydrogens is 187 g/mol. The predicted octanol–water partition coefficient (Wildman–Crippen LogP) is -0.0238. The van der Waals surface area contributed by atoms with Gasteiger partial charge in [-0.05, 0) is 0 Å². The van der Waals surface area contributed by atoms with Crippen LogP contribution in [0.3, 0.4) is 0 Å². The SMILES string of the molecule is O[C@@H]1CN(CCC(F)(F)F)C[C@@H]1O. The van der Waals surface area contributed by atoms with E-state index in [0.717, 1.165) is 0 Å². The van der Waals surface area contributed by atoms with E-state index in [9.17, 15) is 13.2 Å². The summed E-state index contributed by atoms with van der Waals surface area (Å²) in [5, 5.41) is 18.0. The first-order chi connectivity index (χ1) is 5.88. The molecule has 1 rings (SSSR count). The standard InChI is InChI=1S/C7H12F3NO2/c8-7(9,10)1-2-11-3-5(12)6(13)4-11/h5-6,12-13H,1-4H2/t5-,6+. The molecule has 0 bridgehead atoms. The van der Waals surface area contributed by atoms with Crippen LogP contribution in [0, 0.1) is 0 Å². The number of aliphatic hydroxyl groups excluding tert-OH is 2. The molecule has 1 aliphatic heterocycles. The zero-order chi connectivity index (χ0) is 10.1. The summed E-state index contributed by atoms with van der Waals surface area (Å²) >= 11 is 0. The molecule has 0 aromatic carbocycles. The topological polar surface area (TPSA) is 43.7 Å².